The van der Waals surface area contributed by atoms with Crippen molar-refractivity contribution < 1.29 is 70.3 Å². The molecule has 1 aliphatic carbocycles. The second-order valence-corrected chi connectivity index (χ2v) is 26.2. The number of carbonyl (C=O) groups excluding carboxylic acids is 11. The predicted octanol–water partition coefficient (Wildman–Crippen LogP) is 4.65. The van der Waals surface area contributed by atoms with Gasteiger partial charge >= 0.3 is 6.18 Å². The number of rotatable bonds is 10. The number of halogens is 4. The molecule has 504 valence electrons. The van der Waals surface area contributed by atoms with E-state index in [1.807, 2.05) is 20.8 Å². The van der Waals surface area contributed by atoms with E-state index in [0.29, 0.717) is 37.8 Å². The van der Waals surface area contributed by atoms with Crippen LogP contribution in [0.4, 0.5) is 17.6 Å². The minimum atomic E-state index is -4.97. The highest BCUT2D eigenvalue weighted by Crippen LogP contribution is 2.33. The Morgan fingerprint density at radius 2 is 1.29 bits per heavy atom. The molecule has 90 heavy (non-hydrogen) atoms. The maximum Gasteiger partial charge on any atom is 0.419 e. The lowest BCUT2D eigenvalue weighted by molar-refractivity contribution is -0.158. The zero-order valence-corrected chi connectivity index (χ0v) is 54.8. The molecular weight excluding hydrogens is 1170 g/mol. The molecule has 1 aromatic carbocycles. The van der Waals surface area contributed by atoms with Gasteiger partial charge in [-0.2, -0.15) is 13.2 Å². The third kappa shape index (κ3) is 19.8. The summed E-state index contributed by atoms with van der Waals surface area (Å²) in [6, 6.07) is -5.97. The van der Waals surface area contributed by atoms with Gasteiger partial charge in [-0.25, -0.2) is 4.39 Å². The maximum absolute atomic E-state index is 14.8. The summed E-state index contributed by atoms with van der Waals surface area (Å²) < 4.78 is 55.4. The van der Waals surface area contributed by atoms with Crippen LogP contribution in [0.3, 0.4) is 0 Å². The zero-order valence-electron chi connectivity index (χ0n) is 54.8. The van der Waals surface area contributed by atoms with Crippen LogP contribution >= 0.6 is 0 Å². The summed E-state index contributed by atoms with van der Waals surface area (Å²) >= 11 is 0. The molecule has 3 heterocycles. The Bertz CT molecular complexity index is 2730. The van der Waals surface area contributed by atoms with Crippen LogP contribution in [-0.2, 0) is 65.3 Å². The molecule has 22 nitrogen and oxygen atoms in total. The second kappa shape index (κ2) is 33.4. The van der Waals surface area contributed by atoms with Gasteiger partial charge in [0.25, 0.3) is 0 Å². The largest absolute Gasteiger partial charge is 0.419 e. The highest BCUT2D eigenvalue weighted by Gasteiger charge is 2.45. The minimum absolute atomic E-state index is 0.00696. The predicted molar refractivity (Wildman–Crippen MR) is 327 cm³/mol. The van der Waals surface area contributed by atoms with E-state index < -0.39 is 144 Å². The fourth-order valence-corrected chi connectivity index (χ4v) is 12.7. The Morgan fingerprint density at radius 3 is 1.89 bits per heavy atom. The molecule has 0 spiro atoms. The number of likely N-dealkylation sites (N-methyl/N-ethyl adjacent to an activating group) is 5. The fraction of sp³-hybridized carbons (Fsp3) is 0.734. The molecule has 4 aliphatic rings. The van der Waals surface area contributed by atoms with Gasteiger partial charge in [0.15, 0.2) is 0 Å². The van der Waals surface area contributed by atoms with Crippen molar-refractivity contribution >= 4 is 65.0 Å². The van der Waals surface area contributed by atoms with Gasteiger partial charge in [0.05, 0.1) is 18.7 Å². The first-order chi connectivity index (χ1) is 42.3. The highest BCUT2D eigenvalue weighted by molar-refractivity contribution is 5.98. The topological polar surface area (TPSA) is 259 Å². The summed E-state index contributed by atoms with van der Waals surface area (Å²) in [4.78, 5) is 165. The number of hydrogen-bond donors (Lipinski definition) is 4. The smallest absolute Gasteiger partial charge is 0.354 e. The van der Waals surface area contributed by atoms with Crippen molar-refractivity contribution in [2.75, 3.05) is 68.0 Å². The maximum atomic E-state index is 14.8. The molecule has 4 fully saturated rings. The Balaban J connectivity index is 1.46. The van der Waals surface area contributed by atoms with Crippen LogP contribution in [0.25, 0.3) is 0 Å². The SMILES string of the molecule is CCC(C)[C@@H]1NC(=O)[C@H](CC(C)C)N(C)C(=O)C[C@@H](C)NC(=O)[C@H](C(C)C)N(C)C(=O)CCCCNC(=O)[C@@H]2CCCN2C(=O)[C@H](CCc2ccc(C(F)(F)F)c(F)c2)NC(=O)CN(C)C(=O)[C@H](CC2CCCCC2)N(C)C(=O)[C@@H]2CCN2C(=O)CN(C)C1=O. The summed E-state index contributed by atoms with van der Waals surface area (Å²) in [5.74, 6) is -8.57. The normalized spacial score (nSPS) is 26.7. The second-order valence-electron chi connectivity index (χ2n) is 26.2. The monoisotopic (exact) mass is 1270 g/mol. The van der Waals surface area contributed by atoms with Crippen LogP contribution in [0, 0.1) is 29.5 Å². The van der Waals surface area contributed by atoms with Crippen LogP contribution in [-0.4, -0.2) is 216 Å². The van der Waals surface area contributed by atoms with Crippen molar-refractivity contribution in [1.82, 2.24) is 55.6 Å². The number of nitrogens with one attached hydrogen (secondary N) is 4. The summed E-state index contributed by atoms with van der Waals surface area (Å²) in [5.41, 5.74) is -1.39. The molecule has 9 atom stereocenters. The quantitative estimate of drug-likeness (QED) is 0.235. The van der Waals surface area contributed by atoms with Crippen LogP contribution < -0.4 is 21.3 Å². The molecule has 1 aromatic rings. The molecule has 1 unspecified atom stereocenters. The van der Waals surface area contributed by atoms with Crippen molar-refractivity contribution in [3.05, 3.63) is 35.1 Å². The van der Waals surface area contributed by atoms with Crippen LogP contribution in [0.5, 0.6) is 0 Å². The average Bonchev–Trinajstić information content (AvgIpc) is 1.13. The van der Waals surface area contributed by atoms with Crippen molar-refractivity contribution in [3.8, 4) is 0 Å². The average molecular weight is 1270 g/mol. The number of amides is 11. The lowest BCUT2D eigenvalue weighted by Gasteiger charge is -2.44. The third-order valence-corrected chi connectivity index (χ3v) is 18.4. The first kappa shape index (κ1) is 73.8. The minimum Gasteiger partial charge on any atom is -0.354 e. The zero-order chi connectivity index (χ0) is 67.1. The van der Waals surface area contributed by atoms with E-state index in [-0.39, 0.29) is 100 Å². The Kier molecular flexibility index (Phi) is 27.4. The van der Waals surface area contributed by atoms with Crippen molar-refractivity contribution in [3.63, 3.8) is 0 Å². The number of aryl methyl sites for hydroxylation is 1. The van der Waals surface area contributed by atoms with Gasteiger partial charge < -0.3 is 55.6 Å². The molecule has 1 saturated carbocycles. The summed E-state index contributed by atoms with van der Waals surface area (Å²) in [7, 11) is 7.25. The first-order valence-corrected chi connectivity index (χ1v) is 32.2. The first-order valence-electron chi connectivity index (χ1n) is 32.2. The van der Waals surface area contributed by atoms with E-state index in [4.69, 9.17) is 0 Å². The number of carbonyl (C=O) groups is 11. The van der Waals surface area contributed by atoms with E-state index in [2.05, 4.69) is 21.3 Å². The lowest BCUT2D eigenvalue weighted by atomic mass is 9.84. The lowest BCUT2D eigenvalue weighted by Crippen LogP contribution is -2.63. The molecule has 0 aromatic heterocycles. The molecule has 26 heteroatoms. The van der Waals surface area contributed by atoms with Gasteiger partial charge in [-0.1, -0.05) is 86.1 Å². The Morgan fingerprint density at radius 1 is 0.622 bits per heavy atom. The molecule has 0 bridgehead atoms. The van der Waals surface area contributed by atoms with Gasteiger partial charge in [-0.15, -0.1) is 0 Å². The summed E-state index contributed by atoms with van der Waals surface area (Å²) in [6.45, 7) is 11.9. The van der Waals surface area contributed by atoms with E-state index in [9.17, 15) is 70.3 Å². The molecule has 4 N–H and O–H groups in total. The molecule has 11 amide bonds. The van der Waals surface area contributed by atoms with E-state index >= 15 is 0 Å². The van der Waals surface area contributed by atoms with E-state index in [0.717, 1.165) is 43.1 Å². The van der Waals surface area contributed by atoms with Crippen LogP contribution in [0.1, 0.15) is 162 Å². The Hall–Kier alpha value is -6.89. The summed E-state index contributed by atoms with van der Waals surface area (Å²) in [5, 5.41) is 11.3. The van der Waals surface area contributed by atoms with Crippen molar-refractivity contribution in [2.45, 2.75) is 212 Å². The molecule has 5 rings (SSSR count). The van der Waals surface area contributed by atoms with Gasteiger partial charge in [0.2, 0.25) is 65.0 Å². The van der Waals surface area contributed by atoms with E-state index in [1.165, 1.54) is 64.6 Å². The fourth-order valence-electron chi connectivity index (χ4n) is 12.7. The van der Waals surface area contributed by atoms with Crippen LogP contribution in [0.2, 0.25) is 0 Å². The van der Waals surface area contributed by atoms with Crippen LogP contribution in [0.15, 0.2) is 18.2 Å². The number of alkyl halides is 3. The molecule has 3 saturated heterocycles. The van der Waals surface area contributed by atoms with Gasteiger partial charge in [-0.05, 0) is 106 Å². The molecule has 0 radical (unpaired) electrons. The molecule has 3 aliphatic heterocycles. The number of hydrogen-bond acceptors (Lipinski definition) is 11. The van der Waals surface area contributed by atoms with Crippen molar-refractivity contribution in [2.24, 2.45) is 23.7 Å². The van der Waals surface area contributed by atoms with E-state index in [1.54, 1.807) is 27.7 Å². The number of nitrogens with zero attached hydrogens (tertiary/aromatic N) is 7. The Labute approximate surface area is 528 Å². The van der Waals surface area contributed by atoms with Gasteiger partial charge in [0.1, 0.15) is 48.1 Å². The third-order valence-electron chi connectivity index (χ3n) is 18.4. The number of benzene rings is 1. The number of fused-ring (bicyclic) bond motifs is 2. The van der Waals surface area contributed by atoms with Gasteiger partial charge in [-0.3, -0.25) is 52.7 Å². The van der Waals surface area contributed by atoms with Gasteiger partial charge in [0, 0.05) is 73.8 Å². The van der Waals surface area contributed by atoms with Crippen molar-refractivity contribution in [1.29, 1.82) is 0 Å². The highest BCUT2D eigenvalue weighted by atomic mass is 19.4. The molecular formula is C64H99F4N11O11. The summed E-state index contributed by atoms with van der Waals surface area (Å²) in [6.07, 6.45) is 1.24. The standard InChI is InChI=1S/C64H99F4N11O11/c1-13-40(6)55-63(90)74(9)37-54(83)78-31-28-48(78)62(89)76(11)50(35-42-20-15-14-16-21-42)61(88)73(8)36-51(80)71-46(27-25-43-24-26-44(45(65)34-43)64(66,67)68)60(87)79-30-19-22-47(79)57(84)69-29-18-17-23-52(81)77(12)56(39(4)5)59(86)70-41(7)33-53(82)75(10)49(32-38(2)3)58(85)72-55/h24,26,34,38-42,46-50,55-56H,13-23,25,27-33,35-37H2,1-12H3,(H,69,84)(H,70,86)(H,71,80)(H,72,85)/t40?,41-,46+,47+,48+,49+,50+,55+,56+/m1/s1.